The van der Waals surface area contributed by atoms with Gasteiger partial charge in [0.25, 0.3) is 0 Å². The highest BCUT2D eigenvalue weighted by atomic mass is 16.6. The lowest BCUT2D eigenvalue weighted by Gasteiger charge is -2.26. The first-order valence-corrected chi connectivity index (χ1v) is 8.89. The zero-order chi connectivity index (χ0) is 19.2. The minimum absolute atomic E-state index is 0.156. The van der Waals surface area contributed by atoms with Gasteiger partial charge in [-0.2, -0.15) is 4.68 Å². The third-order valence-corrected chi connectivity index (χ3v) is 4.43. The highest BCUT2D eigenvalue weighted by Gasteiger charge is 2.16. The van der Waals surface area contributed by atoms with Crippen molar-refractivity contribution >= 4 is 17.4 Å². The van der Waals surface area contributed by atoms with Crippen LogP contribution in [0.1, 0.15) is 17.7 Å². The molecule has 0 spiro atoms. The number of nitro groups is 1. The summed E-state index contributed by atoms with van der Waals surface area (Å²) in [6, 6.07) is 9.18. The zero-order valence-electron chi connectivity index (χ0n) is 15.3. The van der Waals surface area contributed by atoms with E-state index in [2.05, 4.69) is 15.3 Å². The molecule has 1 fully saturated rings. The van der Waals surface area contributed by atoms with E-state index in [0.717, 1.165) is 44.1 Å². The van der Waals surface area contributed by atoms with Crippen LogP contribution in [0.3, 0.4) is 0 Å². The van der Waals surface area contributed by atoms with Gasteiger partial charge in [0.15, 0.2) is 0 Å². The number of ether oxygens (including phenoxy) is 1. The van der Waals surface area contributed by atoms with E-state index in [-0.39, 0.29) is 18.1 Å². The lowest BCUT2D eigenvalue weighted by atomic mass is 10.1. The lowest BCUT2D eigenvalue weighted by molar-refractivity contribution is -0.389. The van der Waals surface area contributed by atoms with Crippen LogP contribution in [-0.2, 0) is 22.6 Å². The van der Waals surface area contributed by atoms with Gasteiger partial charge in [0, 0.05) is 31.7 Å². The topological polar surface area (TPSA) is 103 Å². The fourth-order valence-electron chi connectivity index (χ4n) is 3.00. The quantitative estimate of drug-likeness (QED) is 0.588. The van der Waals surface area contributed by atoms with Crippen molar-refractivity contribution in [3.05, 3.63) is 51.7 Å². The van der Waals surface area contributed by atoms with Gasteiger partial charge in [-0.05, 0) is 29.5 Å². The van der Waals surface area contributed by atoms with Crippen molar-refractivity contribution in [2.45, 2.75) is 26.4 Å². The molecule has 3 rings (SSSR count). The van der Waals surface area contributed by atoms with E-state index in [1.165, 1.54) is 10.7 Å². The first-order valence-electron chi connectivity index (χ1n) is 8.89. The maximum absolute atomic E-state index is 12.2. The molecule has 9 heteroatoms. The van der Waals surface area contributed by atoms with Crippen molar-refractivity contribution in [3.63, 3.8) is 0 Å². The number of nitrogens with zero attached hydrogens (tertiary/aromatic N) is 4. The zero-order valence-corrected chi connectivity index (χ0v) is 15.3. The van der Waals surface area contributed by atoms with Crippen LogP contribution in [0.5, 0.6) is 0 Å². The van der Waals surface area contributed by atoms with Crippen molar-refractivity contribution in [2.75, 3.05) is 31.6 Å². The van der Waals surface area contributed by atoms with Crippen LogP contribution in [0.25, 0.3) is 0 Å². The van der Waals surface area contributed by atoms with E-state index in [1.54, 1.807) is 6.92 Å². The summed E-state index contributed by atoms with van der Waals surface area (Å²) >= 11 is 0. The van der Waals surface area contributed by atoms with Gasteiger partial charge in [-0.1, -0.05) is 12.1 Å². The third-order valence-electron chi connectivity index (χ3n) is 4.43. The minimum atomic E-state index is -0.538. The normalized spacial score (nSPS) is 14.9. The number of hydrogen-bond acceptors (Lipinski definition) is 6. The van der Waals surface area contributed by atoms with E-state index in [4.69, 9.17) is 4.74 Å². The second-order valence-corrected chi connectivity index (χ2v) is 6.51. The number of aryl methyl sites for hydroxylation is 2. The Morgan fingerprint density at radius 1 is 1.33 bits per heavy atom. The lowest BCUT2D eigenvalue weighted by Crippen LogP contribution is -2.35. The Balaban J connectivity index is 1.53. The molecule has 1 aromatic carbocycles. The van der Waals surface area contributed by atoms with Gasteiger partial charge >= 0.3 is 5.82 Å². The van der Waals surface area contributed by atoms with Crippen LogP contribution in [0.15, 0.2) is 30.3 Å². The Morgan fingerprint density at radius 2 is 2.11 bits per heavy atom. The Morgan fingerprint density at radius 3 is 2.81 bits per heavy atom. The molecular formula is C18H23N5O4. The molecule has 0 aliphatic carbocycles. The Labute approximate surface area is 157 Å². The number of nitrogens with one attached hydrogen (secondary N) is 1. The van der Waals surface area contributed by atoms with E-state index < -0.39 is 4.92 Å². The molecule has 1 aromatic heterocycles. The number of anilines is 1. The molecule has 2 heterocycles. The van der Waals surface area contributed by atoms with Crippen molar-refractivity contribution in [1.29, 1.82) is 0 Å². The van der Waals surface area contributed by atoms with Crippen LogP contribution >= 0.6 is 0 Å². The highest BCUT2D eigenvalue weighted by Crippen LogP contribution is 2.15. The number of hydrogen-bond donors (Lipinski definition) is 1. The maximum atomic E-state index is 12.2. The summed E-state index contributed by atoms with van der Waals surface area (Å²) in [5.41, 5.74) is 2.53. The third kappa shape index (κ3) is 5.35. The highest BCUT2D eigenvalue weighted by molar-refractivity contribution is 5.90. The monoisotopic (exact) mass is 373 g/mol. The van der Waals surface area contributed by atoms with E-state index >= 15 is 0 Å². The molecule has 27 heavy (non-hydrogen) atoms. The smallest absolute Gasteiger partial charge is 0.379 e. The summed E-state index contributed by atoms with van der Waals surface area (Å²) in [4.78, 5) is 24.8. The number of aromatic nitrogens is 2. The SMILES string of the molecule is Cc1cc([N+](=O)[O-])nn1CCC(=O)Nc1cccc(CN2CCOCC2)c1. The molecule has 1 aliphatic rings. The van der Waals surface area contributed by atoms with Crippen molar-refractivity contribution < 1.29 is 14.5 Å². The molecule has 0 unspecified atom stereocenters. The maximum Gasteiger partial charge on any atom is 0.390 e. The molecule has 0 bridgehead atoms. The Bertz CT molecular complexity index is 814. The van der Waals surface area contributed by atoms with E-state index in [1.807, 2.05) is 24.3 Å². The number of morpholine rings is 1. The van der Waals surface area contributed by atoms with Gasteiger partial charge in [0.05, 0.1) is 36.6 Å². The molecule has 144 valence electrons. The number of amides is 1. The van der Waals surface area contributed by atoms with Gasteiger partial charge in [-0.15, -0.1) is 0 Å². The Kier molecular flexibility index (Phi) is 6.15. The standard InChI is InChI=1S/C18H23N5O4/c1-14-11-17(23(25)26)20-22(14)6-5-18(24)19-16-4-2-3-15(12-16)13-21-7-9-27-10-8-21/h2-4,11-12H,5-10,13H2,1H3,(H,19,24). The second kappa shape index (κ2) is 8.74. The molecule has 1 saturated heterocycles. The number of carbonyl (C=O) groups is 1. The summed E-state index contributed by atoms with van der Waals surface area (Å²) in [5.74, 6) is -0.361. The summed E-state index contributed by atoms with van der Waals surface area (Å²) in [5, 5.41) is 17.5. The predicted octanol–water partition coefficient (Wildman–Crippen LogP) is 1.96. The number of benzene rings is 1. The molecule has 1 amide bonds. The molecule has 1 aliphatic heterocycles. The van der Waals surface area contributed by atoms with Gasteiger partial charge in [-0.3, -0.25) is 9.69 Å². The van der Waals surface area contributed by atoms with Crippen LogP contribution < -0.4 is 5.32 Å². The van der Waals surface area contributed by atoms with Crippen molar-refractivity contribution in [3.8, 4) is 0 Å². The van der Waals surface area contributed by atoms with Crippen molar-refractivity contribution in [2.24, 2.45) is 0 Å². The molecule has 0 radical (unpaired) electrons. The summed E-state index contributed by atoms with van der Waals surface area (Å²) in [7, 11) is 0. The van der Waals surface area contributed by atoms with Crippen LogP contribution in [0, 0.1) is 17.0 Å². The predicted molar refractivity (Wildman–Crippen MR) is 99.4 cm³/mol. The summed E-state index contributed by atoms with van der Waals surface area (Å²) < 4.78 is 6.84. The fourth-order valence-corrected chi connectivity index (χ4v) is 3.00. The van der Waals surface area contributed by atoms with Gasteiger partial charge in [0.2, 0.25) is 5.91 Å². The molecule has 9 nitrogen and oxygen atoms in total. The Hall–Kier alpha value is -2.78. The molecule has 0 saturated carbocycles. The van der Waals surface area contributed by atoms with Gasteiger partial charge < -0.3 is 20.2 Å². The fraction of sp³-hybridized carbons (Fsp3) is 0.444. The largest absolute Gasteiger partial charge is 0.390 e. The van der Waals surface area contributed by atoms with Crippen LogP contribution in [-0.4, -0.2) is 51.8 Å². The molecular weight excluding hydrogens is 350 g/mol. The minimum Gasteiger partial charge on any atom is -0.379 e. The summed E-state index contributed by atoms with van der Waals surface area (Å²) in [6.07, 6.45) is 0.188. The van der Waals surface area contributed by atoms with E-state index in [0.29, 0.717) is 12.2 Å². The second-order valence-electron chi connectivity index (χ2n) is 6.51. The molecule has 0 atom stereocenters. The van der Waals surface area contributed by atoms with Crippen molar-refractivity contribution in [1.82, 2.24) is 14.7 Å². The summed E-state index contributed by atoms with van der Waals surface area (Å²) in [6.45, 7) is 6.16. The molecule has 2 aromatic rings. The van der Waals surface area contributed by atoms with Crippen LogP contribution in [0.2, 0.25) is 0 Å². The first-order chi connectivity index (χ1) is 13.0. The van der Waals surface area contributed by atoms with Gasteiger partial charge in [0.1, 0.15) is 0 Å². The van der Waals surface area contributed by atoms with E-state index in [9.17, 15) is 14.9 Å². The average Bonchev–Trinajstić information content (AvgIpc) is 3.02. The number of rotatable bonds is 7. The number of carbonyl (C=O) groups excluding carboxylic acids is 1. The molecule has 1 N–H and O–H groups in total. The first kappa shape index (κ1) is 19.0. The van der Waals surface area contributed by atoms with Gasteiger partial charge in [-0.25, -0.2) is 0 Å². The van der Waals surface area contributed by atoms with Crippen LogP contribution in [0.4, 0.5) is 11.5 Å². The average molecular weight is 373 g/mol.